The molecule has 2 heterocycles. The first-order valence-electron chi connectivity index (χ1n) is 9.01. The summed E-state index contributed by atoms with van der Waals surface area (Å²) in [4.78, 5) is 11.9. The lowest BCUT2D eigenvalue weighted by molar-refractivity contribution is 0.625. The number of furan rings is 1. The fraction of sp³-hybridized carbons (Fsp3) is 0.238. The van der Waals surface area contributed by atoms with E-state index in [1.165, 1.54) is 0 Å². The highest BCUT2D eigenvalue weighted by Crippen LogP contribution is 2.30. The van der Waals surface area contributed by atoms with Gasteiger partial charge in [-0.05, 0) is 44.2 Å². The van der Waals surface area contributed by atoms with Crippen molar-refractivity contribution in [1.29, 1.82) is 0 Å². The second kappa shape index (κ2) is 7.14. The minimum absolute atomic E-state index is 0.612. The number of fused-ring (bicyclic) bond motifs is 2. The summed E-state index contributed by atoms with van der Waals surface area (Å²) in [5.74, 6) is 2.23. The summed E-state index contributed by atoms with van der Waals surface area (Å²) in [7, 11) is 0. The van der Waals surface area contributed by atoms with Crippen LogP contribution in [-0.2, 0) is 0 Å². The molecule has 2 aromatic heterocycles. The molecule has 0 saturated heterocycles. The molecule has 0 bridgehead atoms. The SMILES string of the molecule is CCN(CCCN)c1nc(-c2cc3ccccc3o2)nc2ccccc12. The molecular formula is C21H22N4O. The highest BCUT2D eigenvalue weighted by molar-refractivity contribution is 5.91. The minimum atomic E-state index is 0.612. The van der Waals surface area contributed by atoms with Crippen LogP contribution in [0.2, 0.25) is 0 Å². The van der Waals surface area contributed by atoms with E-state index in [1.807, 2.05) is 48.5 Å². The number of anilines is 1. The molecule has 0 amide bonds. The predicted octanol–water partition coefficient (Wildman–Crippen LogP) is 4.22. The summed E-state index contributed by atoms with van der Waals surface area (Å²) in [6, 6.07) is 18.1. The molecule has 4 rings (SSSR count). The zero-order chi connectivity index (χ0) is 17.9. The Morgan fingerprint density at radius 2 is 1.85 bits per heavy atom. The van der Waals surface area contributed by atoms with E-state index in [0.29, 0.717) is 18.1 Å². The third kappa shape index (κ3) is 3.02. The van der Waals surface area contributed by atoms with Crippen molar-refractivity contribution in [2.45, 2.75) is 13.3 Å². The summed E-state index contributed by atoms with van der Waals surface area (Å²) in [5.41, 5.74) is 7.47. The lowest BCUT2D eigenvalue weighted by Gasteiger charge is -2.23. The van der Waals surface area contributed by atoms with Crippen molar-refractivity contribution in [1.82, 2.24) is 9.97 Å². The fourth-order valence-corrected chi connectivity index (χ4v) is 3.20. The summed E-state index contributed by atoms with van der Waals surface area (Å²) < 4.78 is 5.99. The number of rotatable bonds is 6. The second-order valence-corrected chi connectivity index (χ2v) is 6.26. The molecule has 5 heteroatoms. The number of aromatic nitrogens is 2. The quantitative estimate of drug-likeness (QED) is 0.566. The van der Waals surface area contributed by atoms with Gasteiger partial charge >= 0.3 is 0 Å². The van der Waals surface area contributed by atoms with Gasteiger partial charge in [0.1, 0.15) is 11.4 Å². The maximum Gasteiger partial charge on any atom is 0.198 e. The average molecular weight is 346 g/mol. The highest BCUT2D eigenvalue weighted by atomic mass is 16.3. The standard InChI is InChI=1S/C21H22N4O/c1-2-25(13-7-12-22)21-16-9-4-5-10-17(16)23-20(24-21)19-14-15-8-3-6-11-18(15)26-19/h3-6,8-11,14H,2,7,12-13,22H2,1H3. The average Bonchev–Trinajstić information content (AvgIpc) is 3.12. The second-order valence-electron chi connectivity index (χ2n) is 6.26. The third-order valence-electron chi connectivity index (χ3n) is 4.54. The van der Waals surface area contributed by atoms with Gasteiger partial charge in [-0.25, -0.2) is 9.97 Å². The first kappa shape index (κ1) is 16.5. The van der Waals surface area contributed by atoms with Crippen molar-refractivity contribution in [2.24, 2.45) is 5.73 Å². The number of benzene rings is 2. The van der Waals surface area contributed by atoms with Gasteiger partial charge in [-0.2, -0.15) is 0 Å². The zero-order valence-electron chi connectivity index (χ0n) is 14.9. The van der Waals surface area contributed by atoms with E-state index >= 15 is 0 Å². The molecule has 0 radical (unpaired) electrons. The normalized spacial score (nSPS) is 11.3. The molecule has 0 spiro atoms. The van der Waals surface area contributed by atoms with Crippen LogP contribution in [0.3, 0.4) is 0 Å². The number of hydrogen-bond acceptors (Lipinski definition) is 5. The van der Waals surface area contributed by atoms with Crippen LogP contribution in [-0.4, -0.2) is 29.6 Å². The Kier molecular flexibility index (Phi) is 4.54. The Bertz CT molecular complexity index is 1010. The van der Waals surface area contributed by atoms with Crippen LogP contribution >= 0.6 is 0 Å². The Morgan fingerprint density at radius 1 is 1.04 bits per heavy atom. The van der Waals surface area contributed by atoms with E-state index in [0.717, 1.165) is 47.2 Å². The van der Waals surface area contributed by atoms with Crippen LogP contribution in [0, 0.1) is 0 Å². The van der Waals surface area contributed by atoms with Gasteiger partial charge in [0.15, 0.2) is 11.6 Å². The van der Waals surface area contributed by atoms with Gasteiger partial charge in [-0.1, -0.05) is 30.3 Å². The van der Waals surface area contributed by atoms with Crippen molar-refractivity contribution in [3.63, 3.8) is 0 Å². The first-order chi connectivity index (χ1) is 12.8. The van der Waals surface area contributed by atoms with Crippen LogP contribution in [0.1, 0.15) is 13.3 Å². The van der Waals surface area contributed by atoms with Crippen LogP contribution in [0.5, 0.6) is 0 Å². The molecule has 0 atom stereocenters. The van der Waals surface area contributed by atoms with Crippen LogP contribution in [0.15, 0.2) is 59.0 Å². The molecule has 0 saturated carbocycles. The molecule has 4 aromatic rings. The van der Waals surface area contributed by atoms with Gasteiger partial charge < -0.3 is 15.1 Å². The minimum Gasteiger partial charge on any atom is -0.453 e. The van der Waals surface area contributed by atoms with Crippen molar-refractivity contribution < 1.29 is 4.42 Å². The molecule has 2 aromatic carbocycles. The summed E-state index contributed by atoms with van der Waals surface area (Å²) in [6.07, 6.45) is 0.923. The Morgan fingerprint density at radius 3 is 2.65 bits per heavy atom. The number of nitrogens with zero attached hydrogens (tertiary/aromatic N) is 3. The van der Waals surface area contributed by atoms with E-state index in [1.54, 1.807) is 0 Å². The molecular weight excluding hydrogens is 324 g/mol. The van der Waals surface area contributed by atoms with E-state index in [4.69, 9.17) is 20.1 Å². The van der Waals surface area contributed by atoms with E-state index in [2.05, 4.69) is 17.9 Å². The van der Waals surface area contributed by atoms with Crippen LogP contribution in [0.4, 0.5) is 5.82 Å². The maximum atomic E-state index is 5.99. The fourth-order valence-electron chi connectivity index (χ4n) is 3.20. The molecule has 0 unspecified atom stereocenters. The number of para-hydroxylation sites is 2. The number of hydrogen-bond donors (Lipinski definition) is 1. The monoisotopic (exact) mass is 346 g/mol. The van der Waals surface area contributed by atoms with Gasteiger partial charge in [-0.15, -0.1) is 0 Å². The molecule has 2 N–H and O–H groups in total. The largest absolute Gasteiger partial charge is 0.453 e. The smallest absolute Gasteiger partial charge is 0.198 e. The van der Waals surface area contributed by atoms with Crippen molar-refractivity contribution in [3.8, 4) is 11.6 Å². The van der Waals surface area contributed by atoms with Gasteiger partial charge in [-0.3, -0.25) is 0 Å². The zero-order valence-corrected chi connectivity index (χ0v) is 14.9. The predicted molar refractivity (Wildman–Crippen MR) is 106 cm³/mol. The summed E-state index contributed by atoms with van der Waals surface area (Å²) in [6.45, 7) is 4.53. The lowest BCUT2D eigenvalue weighted by atomic mass is 10.2. The lowest BCUT2D eigenvalue weighted by Crippen LogP contribution is -2.27. The first-order valence-corrected chi connectivity index (χ1v) is 9.01. The Labute approximate surface area is 152 Å². The van der Waals surface area contributed by atoms with Crippen molar-refractivity contribution >= 4 is 27.7 Å². The van der Waals surface area contributed by atoms with Gasteiger partial charge in [0, 0.05) is 23.9 Å². The molecule has 132 valence electrons. The maximum absolute atomic E-state index is 5.99. The van der Waals surface area contributed by atoms with Crippen molar-refractivity contribution in [2.75, 3.05) is 24.5 Å². The number of nitrogens with two attached hydrogens (primary N) is 1. The van der Waals surface area contributed by atoms with Gasteiger partial charge in [0.2, 0.25) is 0 Å². The van der Waals surface area contributed by atoms with E-state index < -0.39 is 0 Å². The molecule has 26 heavy (non-hydrogen) atoms. The molecule has 0 aliphatic heterocycles. The Hall–Kier alpha value is -2.92. The van der Waals surface area contributed by atoms with E-state index in [-0.39, 0.29) is 0 Å². The topological polar surface area (TPSA) is 68.2 Å². The molecule has 0 fully saturated rings. The summed E-state index contributed by atoms with van der Waals surface area (Å²) >= 11 is 0. The molecule has 0 aliphatic carbocycles. The molecule has 5 nitrogen and oxygen atoms in total. The van der Waals surface area contributed by atoms with Crippen molar-refractivity contribution in [3.05, 3.63) is 54.6 Å². The van der Waals surface area contributed by atoms with Gasteiger partial charge in [0.05, 0.1) is 5.52 Å². The summed E-state index contributed by atoms with van der Waals surface area (Å²) in [5, 5.41) is 2.10. The van der Waals surface area contributed by atoms with Crippen LogP contribution < -0.4 is 10.6 Å². The third-order valence-corrected chi connectivity index (χ3v) is 4.54. The van der Waals surface area contributed by atoms with E-state index in [9.17, 15) is 0 Å². The Balaban J connectivity index is 1.87. The van der Waals surface area contributed by atoms with Crippen LogP contribution in [0.25, 0.3) is 33.5 Å². The molecule has 0 aliphatic rings. The highest BCUT2D eigenvalue weighted by Gasteiger charge is 2.16. The van der Waals surface area contributed by atoms with Gasteiger partial charge in [0.25, 0.3) is 0 Å².